The molecular formula is C33H47FO5. The van der Waals surface area contributed by atoms with Gasteiger partial charge in [-0.25, -0.2) is 14.0 Å². The van der Waals surface area contributed by atoms with Gasteiger partial charge in [-0.2, -0.15) is 0 Å². The Morgan fingerprint density at radius 2 is 1.13 bits per heavy atom. The van der Waals surface area contributed by atoms with Gasteiger partial charge in [0.15, 0.2) is 11.6 Å². The summed E-state index contributed by atoms with van der Waals surface area (Å²) in [4.78, 5) is 24.7. The van der Waals surface area contributed by atoms with Crippen LogP contribution in [-0.2, 0) is 4.74 Å². The third-order valence-electron chi connectivity index (χ3n) is 6.70. The first-order chi connectivity index (χ1) is 19.0. The van der Waals surface area contributed by atoms with Crippen molar-refractivity contribution in [3.05, 3.63) is 59.4 Å². The van der Waals surface area contributed by atoms with Crippen LogP contribution in [0.1, 0.15) is 131 Å². The zero-order chi connectivity index (χ0) is 28.1. The largest absolute Gasteiger partial charge is 0.491 e. The summed E-state index contributed by atoms with van der Waals surface area (Å²) < 4.78 is 30.7. The highest BCUT2D eigenvalue weighted by Gasteiger charge is 2.14. The van der Waals surface area contributed by atoms with Crippen molar-refractivity contribution in [3.8, 4) is 11.5 Å². The number of halogens is 1. The normalized spacial score (nSPS) is 10.8. The summed E-state index contributed by atoms with van der Waals surface area (Å²) in [5.41, 5.74) is 0.479. The van der Waals surface area contributed by atoms with Crippen molar-refractivity contribution in [1.82, 2.24) is 0 Å². The number of ether oxygens (including phenoxy) is 3. The number of hydrogen-bond acceptors (Lipinski definition) is 5. The number of hydrogen-bond donors (Lipinski definition) is 0. The fraction of sp³-hybridized carbons (Fsp3) is 0.576. The van der Waals surface area contributed by atoms with E-state index in [1.54, 1.807) is 12.1 Å². The average Bonchev–Trinajstić information content (AvgIpc) is 2.94. The topological polar surface area (TPSA) is 61.8 Å². The van der Waals surface area contributed by atoms with Gasteiger partial charge in [0, 0.05) is 0 Å². The molecule has 0 aliphatic heterocycles. The maximum absolute atomic E-state index is 14.5. The van der Waals surface area contributed by atoms with Crippen LogP contribution in [0.25, 0.3) is 0 Å². The Morgan fingerprint density at radius 3 is 1.69 bits per heavy atom. The molecule has 0 radical (unpaired) electrons. The lowest BCUT2D eigenvalue weighted by Crippen LogP contribution is -2.10. The number of unbranched alkanes of at least 4 members (excludes halogenated alkanes) is 13. The first-order valence-electron chi connectivity index (χ1n) is 15.0. The molecule has 39 heavy (non-hydrogen) atoms. The third-order valence-corrected chi connectivity index (χ3v) is 6.70. The standard InChI is InChI=1S/C33H47FO5/c1-3-5-7-9-11-13-14-16-24-37-31-23-20-28(26-30(31)34)33(36)39-29-21-18-27(19-22-29)32(35)38-25-17-15-12-10-8-6-4-2/h18-23,26H,3-17,24-25H2,1-2H3. The molecule has 0 aliphatic carbocycles. The van der Waals surface area contributed by atoms with E-state index in [2.05, 4.69) is 13.8 Å². The highest BCUT2D eigenvalue weighted by atomic mass is 19.1. The third kappa shape index (κ3) is 13.6. The van der Waals surface area contributed by atoms with Gasteiger partial charge in [0.1, 0.15) is 5.75 Å². The van der Waals surface area contributed by atoms with Crippen LogP contribution in [0.15, 0.2) is 42.5 Å². The van der Waals surface area contributed by atoms with Crippen LogP contribution < -0.4 is 9.47 Å². The monoisotopic (exact) mass is 542 g/mol. The SMILES string of the molecule is CCCCCCCCCCOc1ccc(C(=O)Oc2ccc(C(=O)OCCCCCCCCC)cc2)cc1F. The molecule has 0 spiro atoms. The van der Waals surface area contributed by atoms with Gasteiger partial charge in [0.25, 0.3) is 0 Å². The molecule has 0 atom stereocenters. The van der Waals surface area contributed by atoms with Crippen LogP contribution in [0.5, 0.6) is 11.5 Å². The maximum Gasteiger partial charge on any atom is 0.343 e. The van der Waals surface area contributed by atoms with Crippen LogP contribution in [0.2, 0.25) is 0 Å². The smallest absolute Gasteiger partial charge is 0.343 e. The van der Waals surface area contributed by atoms with Gasteiger partial charge in [-0.3, -0.25) is 0 Å². The summed E-state index contributed by atoms with van der Waals surface area (Å²) in [6.45, 7) is 5.26. The Hall–Kier alpha value is -2.89. The quantitative estimate of drug-likeness (QED) is 0.0893. The molecule has 0 unspecified atom stereocenters. The zero-order valence-electron chi connectivity index (χ0n) is 24.0. The van der Waals surface area contributed by atoms with Gasteiger partial charge in [-0.15, -0.1) is 0 Å². The second-order valence-electron chi connectivity index (χ2n) is 10.1. The van der Waals surface area contributed by atoms with Crippen molar-refractivity contribution in [2.45, 2.75) is 110 Å². The molecule has 0 bridgehead atoms. The van der Waals surface area contributed by atoms with E-state index in [1.165, 1.54) is 88.5 Å². The molecule has 0 aromatic heterocycles. The summed E-state index contributed by atoms with van der Waals surface area (Å²) in [6.07, 6.45) is 17.5. The molecule has 0 saturated heterocycles. The van der Waals surface area contributed by atoms with Gasteiger partial charge in [-0.05, 0) is 55.3 Å². The summed E-state index contributed by atoms with van der Waals surface area (Å²) in [7, 11) is 0. The van der Waals surface area contributed by atoms with Crippen molar-refractivity contribution in [2.24, 2.45) is 0 Å². The van der Waals surface area contributed by atoms with E-state index in [0.29, 0.717) is 18.8 Å². The molecule has 216 valence electrons. The van der Waals surface area contributed by atoms with E-state index >= 15 is 0 Å². The second-order valence-corrected chi connectivity index (χ2v) is 10.1. The summed E-state index contributed by atoms with van der Waals surface area (Å²) in [6, 6.07) is 10.2. The maximum atomic E-state index is 14.5. The van der Waals surface area contributed by atoms with Crippen LogP contribution in [0.4, 0.5) is 4.39 Å². The highest BCUT2D eigenvalue weighted by molar-refractivity contribution is 5.92. The molecule has 0 aliphatic rings. The van der Waals surface area contributed by atoms with E-state index in [0.717, 1.165) is 38.2 Å². The number of carbonyl (C=O) groups excluding carboxylic acids is 2. The Labute approximate surface area is 234 Å². The minimum Gasteiger partial charge on any atom is -0.491 e. The lowest BCUT2D eigenvalue weighted by molar-refractivity contribution is 0.0497. The van der Waals surface area contributed by atoms with Crippen LogP contribution >= 0.6 is 0 Å². The van der Waals surface area contributed by atoms with Crippen molar-refractivity contribution in [2.75, 3.05) is 13.2 Å². The fourth-order valence-electron chi connectivity index (χ4n) is 4.30. The van der Waals surface area contributed by atoms with Crippen LogP contribution in [0.3, 0.4) is 0 Å². The molecule has 2 aromatic rings. The molecule has 5 nitrogen and oxygen atoms in total. The van der Waals surface area contributed by atoms with Crippen LogP contribution in [-0.4, -0.2) is 25.2 Å². The Balaban J connectivity index is 1.68. The first-order valence-corrected chi connectivity index (χ1v) is 15.0. The Bertz CT molecular complexity index is 957. The van der Waals surface area contributed by atoms with E-state index in [9.17, 15) is 14.0 Å². The summed E-state index contributed by atoms with van der Waals surface area (Å²) in [5, 5.41) is 0. The highest BCUT2D eigenvalue weighted by Crippen LogP contribution is 2.21. The predicted octanol–water partition coefficient (Wildman–Crippen LogP) is 9.47. The summed E-state index contributed by atoms with van der Waals surface area (Å²) in [5.74, 6) is -1.28. The van der Waals surface area contributed by atoms with E-state index < -0.39 is 17.8 Å². The van der Waals surface area contributed by atoms with E-state index in [-0.39, 0.29) is 17.1 Å². The van der Waals surface area contributed by atoms with Gasteiger partial charge in [-0.1, -0.05) is 97.3 Å². The van der Waals surface area contributed by atoms with Crippen molar-refractivity contribution >= 4 is 11.9 Å². The molecular weight excluding hydrogens is 495 g/mol. The van der Waals surface area contributed by atoms with Gasteiger partial charge in [0.2, 0.25) is 0 Å². The molecule has 0 N–H and O–H groups in total. The first kappa shape index (κ1) is 32.3. The lowest BCUT2D eigenvalue weighted by atomic mass is 10.1. The van der Waals surface area contributed by atoms with Gasteiger partial charge < -0.3 is 14.2 Å². The van der Waals surface area contributed by atoms with Gasteiger partial charge in [0.05, 0.1) is 24.3 Å². The van der Waals surface area contributed by atoms with E-state index in [4.69, 9.17) is 14.2 Å². The number of esters is 2. The van der Waals surface area contributed by atoms with Crippen molar-refractivity contribution in [1.29, 1.82) is 0 Å². The number of benzene rings is 2. The Kier molecular flexibility index (Phi) is 16.6. The molecule has 2 rings (SSSR count). The summed E-state index contributed by atoms with van der Waals surface area (Å²) >= 11 is 0. The predicted molar refractivity (Wildman–Crippen MR) is 154 cm³/mol. The molecule has 0 fully saturated rings. The van der Waals surface area contributed by atoms with E-state index in [1.807, 2.05) is 0 Å². The molecule has 0 saturated carbocycles. The minimum atomic E-state index is -0.683. The number of carbonyl (C=O) groups is 2. The van der Waals surface area contributed by atoms with Crippen LogP contribution in [0, 0.1) is 5.82 Å². The molecule has 6 heteroatoms. The molecule has 2 aromatic carbocycles. The van der Waals surface area contributed by atoms with Crippen molar-refractivity contribution < 1.29 is 28.2 Å². The fourth-order valence-corrected chi connectivity index (χ4v) is 4.30. The molecule has 0 amide bonds. The number of rotatable bonds is 21. The van der Waals surface area contributed by atoms with Gasteiger partial charge >= 0.3 is 11.9 Å². The Morgan fingerprint density at radius 1 is 0.615 bits per heavy atom. The van der Waals surface area contributed by atoms with Crippen molar-refractivity contribution in [3.63, 3.8) is 0 Å². The molecule has 0 heterocycles. The zero-order valence-corrected chi connectivity index (χ0v) is 24.0. The second kappa shape index (κ2) is 20.1. The lowest BCUT2D eigenvalue weighted by Gasteiger charge is -2.09. The minimum absolute atomic E-state index is 0.0881. The average molecular weight is 543 g/mol.